The van der Waals surface area contributed by atoms with Crippen LogP contribution in [0.2, 0.25) is 0 Å². The van der Waals surface area contributed by atoms with Crippen molar-refractivity contribution >= 4 is 39.5 Å². The predicted octanol–water partition coefficient (Wildman–Crippen LogP) is 23.9. The first-order valence-corrected chi connectivity index (χ1v) is 44.5. The van der Waals surface area contributed by atoms with Gasteiger partial charge in [0.05, 0.1) is 26.4 Å². The maximum Gasteiger partial charge on any atom is 0.472 e. The molecule has 588 valence electrons. The van der Waals surface area contributed by atoms with Crippen molar-refractivity contribution in [3.8, 4) is 0 Å². The number of aliphatic hydroxyl groups is 1. The number of phosphoric ester groups is 2. The molecule has 0 aliphatic carbocycles. The highest BCUT2D eigenvalue weighted by molar-refractivity contribution is 7.47. The highest BCUT2D eigenvalue weighted by Gasteiger charge is 2.30. The van der Waals surface area contributed by atoms with Gasteiger partial charge in [-0.05, 0) is 37.5 Å². The standard InChI is InChI=1S/C80H156O17P2/c1-7-9-11-13-15-17-19-20-21-22-23-24-25-26-29-33-37-41-45-53-59-65-80(85)96-75(68-90-77(82)62-56-50-43-39-36-32-30-27-28-31-35-38-42-48-54-60-72(3)4)70-94-98(86,87)92-66-74(81)67-93-99(88,89)95-71-76(69-91-78(83)63-57-51-47-46-49-55-61-73(5)6)97-79(84)64-58-52-44-40-34-18-16-14-12-10-8-2/h72-76,81H,7-71H2,1-6H3,(H,86,87)(H,88,89)/t74-,75-,76-/m1/s1. The topological polar surface area (TPSA) is 237 Å². The number of carbonyl (C=O) groups excluding carboxylic acids is 4. The molecule has 0 saturated carbocycles. The van der Waals surface area contributed by atoms with Crippen molar-refractivity contribution in [2.75, 3.05) is 39.6 Å². The zero-order valence-corrected chi connectivity index (χ0v) is 66.6. The summed E-state index contributed by atoms with van der Waals surface area (Å²) >= 11 is 0. The fourth-order valence-electron chi connectivity index (χ4n) is 12.4. The SMILES string of the molecule is CCCCCCCCCCCCCCCCCCCCCCCC(=O)O[C@H](COC(=O)CCCCCCCCCCCCCCCCCC(C)C)COP(=O)(O)OC[C@@H](O)COP(=O)(O)OC[C@@H](COC(=O)CCCCCCCCC(C)C)OC(=O)CCCCCCCCCCCCC. The molecular formula is C80H156O17P2. The zero-order chi connectivity index (χ0) is 72.8. The number of carbonyl (C=O) groups is 4. The Balaban J connectivity index is 5.19. The lowest BCUT2D eigenvalue weighted by Gasteiger charge is -2.21. The highest BCUT2D eigenvalue weighted by atomic mass is 31.2. The number of rotatable bonds is 79. The maximum absolute atomic E-state index is 13.1. The van der Waals surface area contributed by atoms with E-state index in [1.165, 1.54) is 231 Å². The minimum absolute atomic E-state index is 0.106. The van der Waals surface area contributed by atoms with E-state index in [1.807, 2.05) is 0 Å². The molecule has 0 rings (SSSR count). The van der Waals surface area contributed by atoms with Gasteiger partial charge in [-0.3, -0.25) is 37.3 Å². The van der Waals surface area contributed by atoms with E-state index in [0.29, 0.717) is 31.6 Å². The minimum Gasteiger partial charge on any atom is -0.462 e. The summed E-state index contributed by atoms with van der Waals surface area (Å²) in [6.07, 6.45) is 61.3. The molecule has 0 amide bonds. The molecule has 0 aromatic rings. The van der Waals surface area contributed by atoms with Crippen LogP contribution in [0.25, 0.3) is 0 Å². The summed E-state index contributed by atoms with van der Waals surface area (Å²) in [5, 5.41) is 10.6. The molecule has 0 bridgehead atoms. The van der Waals surface area contributed by atoms with Crippen molar-refractivity contribution in [3.05, 3.63) is 0 Å². The third-order valence-corrected chi connectivity index (χ3v) is 20.6. The van der Waals surface area contributed by atoms with Crippen molar-refractivity contribution in [1.29, 1.82) is 0 Å². The Morgan fingerprint density at radius 3 is 0.687 bits per heavy atom. The van der Waals surface area contributed by atoms with Gasteiger partial charge in [-0.1, -0.05) is 369 Å². The molecule has 0 aliphatic heterocycles. The lowest BCUT2D eigenvalue weighted by molar-refractivity contribution is -0.161. The molecule has 19 heteroatoms. The molecule has 0 spiro atoms. The van der Waals surface area contributed by atoms with Crippen LogP contribution in [0.3, 0.4) is 0 Å². The van der Waals surface area contributed by atoms with Crippen LogP contribution in [-0.2, 0) is 65.4 Å². The van der Waals surface area contributed by atoms with E-state index in [-0.39, 0.29) is 25.7 Å². The summed E-state index contributed by atoms with van der Waals surface area (Å²) < 4.78 is 68.6. The van der Waals surface area contributed by atoms with Gasteiger partial charge in [0, 0.05) is 25.7 Å². The molecular weight excluding hydrogens is 1290 g/mol. The fourth-order valence-corrected chi connectivity index (χ4v) is 13.9. The third kappa shape index (κ3) is 74.1. The molecule has 0 radical (unpaired) electrons. The Morgan fingerprint density at radius 1 is 0.273 bits per heavy atom. The van der Waals surface area contributed by atoms with Crippen LogP contribution in [0, 0.1) is 11.8 Å². The van der Waals surface area contributed by atoms with Gasteiger partial charge in [0.1, 0.15) is 19.3 Å². The van der Waals surface area contributed by atoms with Gasteiger partial charge in [-0.2, -0.15) is 0 Å². The smallest absolute Gasteiger partial charge is 0.462 e. The van der Waals surface area contributed by atoms with Crippen molar-refractivity contribution in [2.45, 2.75) is 439 Å². The predicted molar refractivity (Wildman–Crippen MR) is 405 cm³/mol. The molecule has 5 atom stereocenters. The molecule has 17 nitrogen and oxygen atoms in total. The van der Waals surface area contributed by atoms with Crippen molar-refractivity contribution in [2.24, 2.45) is 11.8 Å². The second-order valence-corrected chi connectivity index (χ2v) is 32.7. The first-order chi connectivity index (χ1) is 47.9. The van der Waals surface area contributed by atoms with E-state index >= 15 is 0 Å². The van der Waals surface area contributed by atoms with Crippen LogP contribution < -0.4 is 0 Å². The van der Waals surface area contributed by atoms with Gasteiger partial charge in [0.2, 0.25) is 0 Å². The molecule has 2 unspecified atom stereocenters. The van der Waals surface area contributed by atoms with E-state index in [1.54, 1.807) is 0 Å². The number of unbranched alkanes of at least 4 members (excludes halogenated alkanes) is 49. The fraction of sp³-hybridized carbons (Fsp3) is 0.950. The lowest BCUT2D eigenvalue weighted by atomic mass is 10.0. The molecule has 3 N–H and O–H groups in total. The third-order valence-electron chi connectivity index (χ3n) is 18.7. The van der Waals surface area contributed by atoms with Crippen molar-refractivity contribution in [3.63, 3.8) is 0 Å². The Kier molecular flexibility index (Phi) is 70.3. The van der Waals surface area contributed by atoms with Crippen LogP contribution in [0.5, 0.6) is 0 Å². The van der Waals surface area contributed by atoms with Gasteiger partial charge in [0.25, 0.3) is 0 Å². The Hall–Kier alpha value is -1.94. The van der Waals surface area contributed by atoms with E-state index in [4.69, 9.17) is 37.0 Å². The summed E-state index contributed by atoms with van der Waals surface area (Å²) in [5.74, 6) is -0.627. The number of esters is 4. The normalized spacial score (nSPS) is 13.9. The first-order valence-electron chi connectivity index (χ1n) is 41.5. The molecule has 0 saturated heterocycles. The maximum atomic E-state index is 13.1. The summed E-state index contributed by atoms with van der Waals surface area (Å²) in [5.41, 5.74) is 0. The average Bonchev–Trinajstić information content (AvgIpc) is 1.02. The monoisotopic (exact) mass is 1450 g/mol. The van der Waals surface area contributed by atoms with Gasteiger partial charge in [0.15, 0.2) is 12.2 Å². The summed E-state index contributed by atoms with van der Waals surface area (Å²) in [7, 11) is -9.91. The number of aliphatic hydroxyl groups excluding tert-OH is 1. The van der Waals surface area contributed by atoms with Crippen LogP contribution in [-0.4, -0.2) is 96.7 Å². The van der Waals surface area contributed by atoms with Crippen LogP contribution >= 0.6 is 15.6 Å². The van der Waals surface area contributed by atoms with E-state index in [0.717, 1.165) is 102 Å². The molecule has 0 aromatic carbocycles. The largest absolute Gasteiger partial charge is 0.472 e. The molecule has 0 heterocycles. The minimum atomic E-state index is -4.96. The first kappa shape index (κ1) is 97.1. The summed E-state index contributed by atoms with van der Waals surface area (Å²) in [4.78, 5) is 72.9. The summed E-state index contributed by atoms with van der Waals surface area (Å²) in [6, 6.07) is 0. The quantitative estimate of drug-likeness (QED) is 0.0222. The summed E-state index contributed by atoms with van der Waals surface area (Å²) in [6.45, 7) is 9.56. The Labute approximate surface area is 607 Å². The molecule has 99 heavy (non-hydrogen) atoms. The van der Waals surface area contributed by atoms with E-state index in [2.05, 4.69) is 41.5 Å². The highest BCUT2D eigenvalue weighted by Crippen LogP contribution is 2.45. The van der Waals surface area contributed by atoms with Crippen LogP contribution in [0.15, 0.2) is 0 Å². The van der Waals surface area contributed by atoms with Gasteiger partial charge in [-0.15, -0.1) is 0 Å². The second-order valence-electron chi connectivity index (χ2n) is 29.8. The molecule has 0 aromatic heterocycles. The van der Waals surface area contributed by atoms with Gasteiger partial charge < -0.3 is 33.8 Å². The molecule has 0 fully saturated rings. The van der Waals surface area contributed by atoms with E-state index in [9.17, 15) is 43.2 Å². The number of phosphoric acid groups is 2. The van der Waals surface area contributed by atoms with Gasteiger partial charge in [-0.25, -0.2) is 9.13 Å². The zero-order valence-electron chi connectivity index (χ0n) is 64.8. The van der Waals surface area contributed by atoms with E-state index < -0.39 is 97.5 Å². The average molecular weight is 1450 g/mol. The van der Waals surface area contributed by atoms with Crippen molar-refractivity contribution < 1.29 is 80.2 Å². The Morgan fingerprint density at radius 2 is 0.465 bits per heavy atom. The van der Waals surface area contributed by atoms with Crippen LogP contribution in [0.4, 0.5) is 0 Å². The number of hydrogen-bond acceptors (Lipinski definition) is 15. The molecule has 0 aliphatic rings. The lowest BCUT2D eigenvalue weighted by Crippen LogP contribution is -2.30. The number of hydrogen-bond donors (Lipinski definition) is 3. The Bertz CT molecular complexity index is 1910. The number of ether oxygens (including phenoxy) is 4. The van der Waals surface area contributed by atoms with Gasteiger partial charge >= 0.3 is 39.5 Å². The van der Waals surface area contributed by atoms with Crippen LogP contribution in [0.1, 0.15) is 420 Å². The van der Waals surface area contributed by atoms with Crippen molar-refractivity contribution in [1.82, 2.24) is 0 Å². The second kappa shape index (κ2) is 71.7.